The van der Waals surface area contributed by atoms with E-state index >= 15 is 0 Å². The van der Waals surface area contributed by atoms with Crippen molar-refractivity contribution in [3.05, 3.63) is 48.6 Å². The van der Waals surface area contributed by atoms with Crippen LogP contribution in [0.15, 0.2) is 48.6 Å². The third kappa shape index (κ3) is 52.8. The maximum atomic E-state index is 13.5. The first kappa shape index (κ1) is 70.0. The van der Waals surface area contributed by atoms with Gasteiger partial charge in [-0.05, 0) is 70.3 Å². The Balaban J connectivity index is 5.31. The summed E-state index contributed by atoms with van der Waals surface area (Å²) in [5.74, 6) is -0.521. The van der Waals surface area contributed by atoms with Crippen molar-refractivity contribution in [1.82, 2.24) is 5.32 Å². The molecular formula is C62H118N2O7P+. The highest BCUT2D eigenvalue weighted by Crippen LogP contribution is 2.43. The molecule has 0 aromatic heterocycles. The number of phosphoric acid groups is 1. The fourth-order valence-corrected chi connectivity index (χ4v) is 9.51. The van der Waals surface area contributed by atoms with Gasteiger partial charge in [0.25, 0.3) is 0 Å². The number of phosphoric ester groups is 1. The molecule has 72 heavy (non-hydrogen) atoms. The molecule has 0 bridgehead atoms. The van der Waals surface area contributed by atoms with Crippen LogP contribution in [0.1, 0.15) is 284 Å². The molecule has 0 saturated heterocycles. The third-order valence-electron chi connectivity index (χ3n) is 13.5. The van der Waals surface area contributed by atoms with E-state index in [-0.39, 0.29) is 31.5 Å². The van der Waals surface area contributed by atoms with Crippen molar-refractivity contribution in [2.75, 3.05) is 40.9 Å². The number of carbonyl (C=O) groups excluding carboxylic acids is 2. The highest BCUT2D eigenvalue weighted by atomic mass is 31.2. The summed E-state index contributed by atoms with van der Waals surface area (Å²) in [6.45, 7) is 6.99. The fraction of sp³-hybridized carbons (Fsp3) is 0.839. The quantitative estimate of drug-likeness (QED) is 0.0205. The normalized spacial score (nSPS) is 14.0. The zero-order valence-corrected chi connectivity index (χ0v) is 49.1. The van der Waals surface area contributed by atoms with Crippen molar-refractivity contribution in [1.29, 1.82) is 0 Å². The minimum Gasteiger partial charge on any atom is -0.456 e. The minimum atomic E-state index is -4.45. The second-order valence-corrected chi connectivity index (χ2v) is 23.3. The summed E-state index contributed by atoms with van der Waals surface area (Å²) < 4.78 is 30.7. The Kier molecular flexibility index (Phi) is 50.9. The SMILES string of the molecule is CCCCC/C=C\C/C=C\C/C=C\CCCCCCC(=O)NC(COP(=O)(O)OCC[N+](C)(C)C)C(/C=C/CCCCCCCCCCCC)OC(=O)CCCCCCCCCCCCCCCCCCC. The Morgan fingerprint density at radius 2 is 0.847 bits per heavy atom. The number of amides is 1. The lowest BCUT2D eigenvalue weighted by molar-refractivity contribution is -0.870. The molecule has 0 spiro atoms. The summed E-state index contributed by atoms with van der Waals surface area (Å²) >= 11 is 0. The van der Waals surface area contributed by atoms with Gasteiger partial charge < -0.3 is 19.4 Å². The average molecular weight is 1030 g/mol. The van der Waals surface area contributed by atoms with Crippen LogP contribution in [0, 0.1) is 0 Å². The number of carbonyl (C=O) groups is 2. The van der Waals surface area contributed by atoms with Crippen LogP contribution in [-0.4, -0.2) is 74.3 Å². The zero-order valence-electron chi connectivity index (χ0n) is 48.2. The molecule has 3 atom stereocenters. The fourth-order valence-electron chi connectivity index (χ4n) is 8.77. The van der Waals surface area contributed by atoms with Crippen molar-refractivity contribution in [3.63, 3.8) is 0 Å². The Bertz CT molecular complexity index is 1380. The van der Waals surface area contributed by atoms with Gasteiger partial charge in [-0.2, -0.15) is 0 Å². The summed E-state index contributed by atoms with van der Waals surface area (Å²) in [5.41, 5.74) is 0. The number of unbranched alkanes of at least 4 members (excludes halogenated alkanes) is 33. The number of esters is 1. The van der Waals surface area contributed by atoms with Crippen molar-refractivity contribution in [2.24, 2.45) is 0 Å². The second-order valence-electron chi connectivity index (χ2n) is 21.9. The van der Waals surface area contributed by atoms with E-state index in [0.29, 0.717) is 17.4 Å². The molecule has 0 heterocycles. The minimum absolute atomic E-state index is 0.0365. The number of likely N-dealkylation sites (N-methyl/N-ethyl adjacent to an activating group) is 1. The maximum absolute atomic E-state index is 13.5. The lowest BCUT2D eigenvalue weighted by Crippen LogP contribution is -2.47. The number of rotatable bonds is 55. The smallest absolute Gasteiger partial charge is 0.456 e. The highest BCUT2D eigenvalue weighted by Gasteiger charge is 2.30. The largest absolute Gasteiger partial charge is 0.472 e. The lowest BCUT2D eigenvalue weighted by Gasteiger charge is -2.27. The third-order valence-corrected chi connectivity index (χ3v) is 14.5. The van der Waals surface area contributed by atoms with Crippen molar-refractivity contribution in [2.45, 2.75) is 296 Å². The predicted octanol–water partition coefficient (Wildman–Crippen LogP) is 18.5. The van der Waals surface area contributed by atoms with Crippen LogP contribution in [0.5, 0.6) is 0 Å². The van der Waals surface area contributed by atoms with Crippen LogP contribution in [0.3, 0.4) is 0 Å². The van der Waals surface area contributed by atoms with Crippen LogP contribution >= 0.6 is 7.82 Å². The van der Waals surface area contributed by atoms with Gasteiger partial charge in [-0.1, -0.05) is 250 Å². The van der Waals surface area contributed by atoms with Gasteiger partial charge in [-0.25, -0.2) is 4.57 Å². The first-order valence-electron chi connectivity index (χ1n) is 30.5. The summed E-state index contributed by atoms with van der Waals surface area (Å²) in [5, 5.41) is 3.04. The maximum Gasteiger partial charge on any atom is 0.472 e. The molecule has 422 valence electrons. The van der Waals surface area contributed by atoms with Gasteiger partial charge in [0.1, 0.15) is 19.3 Å². The molecule has 3 unspecified atom stereocenters. The molecular weight excluding hydrogens is 916 g/mol. The van der Waals surface area contributed by atoms with Gasteiger partial charge in [-0.15, -0.1) is 0 Å². The van der Waals surface area contributed by atoms with Gasteiger partial charge in [0.2, 0.25) is 5.91 Å². The van der Waals surface area contributed by atoms with Crippen LogP contribution in [0.2, 0.25) is 0 Å². The zero-order chi connectivity index (χ0) is 52.9. The highest BCUT2D eigenvalue weighted by molar-refractivity contribution is 7.47. The molecule has 0 rings (SSSR count). The standard InChI is InChI=1S/C62H117N2O7P/c1-7-10-13-16-19-22-25-28-30-32-34-36-39-42-45-48-51-54-61(65)63-59(58-70-72(67,68)69-57-56-64(4,5)6)60(53-50-47-44-41-38-27-24-21-18-15-12-9-3)71-62(66)55-52-49-46-43-40-37-35-33-31-29-26-23-20-17-14-11-8-2/h19,22,28,30,34,36,50,53,59-60H,7-18,20-21,23-27,29,31-33,35,37-49,51-52,54-58H2,1-6H3,(H-,63,65,67,68)/p+1/b22-19-,30-28-,36-34-,53-50+. The predicted molar refractivity (Wildman–Crippen MR) is 309 cm³/mol. The van der Waals surface area contributed by atoms with E-state index < -0.39 is 20.0 Å². The second kappa shape index (κ2) is 52.4. The lowest BCUT2D eigenvalue weighted by atomic mass is 10.0. The Morgan fingerprint density at radius 1 is 0.486 bits per heavy atom. The van der Waals surface area contributed by atoms with E-state index in [1.165, 1.54) is 167 Å². The molecule has 10 heteroatoms. The molecule has 0 aromatic rings. The van der Waals surface area contributed by atoms with Crippen molar-refractivity contribution < 1.29 is 37.3 Å². The van der Waals surface area contributed by atoms with E-state index in [1.807, 2.05) is 33.3 Å². The van der Waals surface area contributed by atoms with E-state index in [4.69, 9.17) is 13.8 Å². The molecule has 0 aliphatic heterocycles. The van der Waals surface area contributed by atoms with Crippen LogP contribution in [0.4, 0.5) is 0 Å². The molecule has 2 N–H and O–H groups in total. The molecule has 0 saturated carbocycles. The Morgan fingerprint density at radius 3 is 1.29 bits per heavy atom. The molecule has 0 aliphatic rings. The summed E-state index contributed by atoms with van der Waals surface area (Å²) in [4.78, 5) is 37.7. The van der Waals surface area contributed by atoms with Gasteiger partial charge in [0, 0.05) is 12.8 Å². The number of quaternary nitrogens is 1. The molecule has 0 aliphatic carbocycles. The monoisotopic (exact) mass is 1030 g/mol. The Labute approximate surface area is 446 Å². The molecule has 9 nitrogen and oxygen atoms in total. The number of nitrogens with one attached hydrogen (secondary N) is 1. The topological polar surface area (TPSA) is 111 Å². The van der Waals surface area contributed by atoms with E-state index in [2.05, 4.69) is 62.5 Å². The van der Waals surface area contributed by atoms with Gasteiger partial charge in [0.15, 0.2) is 0 Å². The van der Waals surface area contributed by atoms with Crippen LogP contribution in [0.25, 0.3) is 0 Å². The number of ether oxygens (including phenoxy) is 1. The van der Waals surface area contributed by atoms with E-state index in [9.17, 15) is 19.0 Å². The summed E-state index contributed by atoms with van der Waals surface area (Å²) in [7, 11) is 1.49. The number of allylic oxidation sites excluding steroid dienone is 7. The van der Waals surface area contributed by atoms with E-state index in [0.717, 1.165) is 83.5 Å². The summed E-state index contributed by atoms with van der Waals surface area (Å²) in [6.07, 6.45) is 63.9. The molecule has 0 aromatic carbocycles. The first-order chi connectivity index (χ1) is 34.9. The molecule has 1 amide bonds. The van der Waals surface area contributed by atoms with Gasteiger partial charge >= 0.3 is 13.8 Å². The molecule has 0 fully saturated rings. The first-order valence-corrected chi connectivity index (χ1v) is 32.0. The number of hydrogen-bond donors (Lipinski definition) is 2. The average Bonchev–Trinajstić information content (AvgIpc) is 3.34. The van der Waals surface area contributed by atoms with Crippen molar-refractivity contribution >= 4 is 19.7 Å². The number of nitrogens with zero attached hydrogens (tertiary/aromatic N) is 1. The Hall–Kier alpha value is -2.03. The van der Waals surface area contributed by atoms with Gasteiger partial charge in [0.05, 0.1) is 33.8 Å². The van der Waals surface area contributed by atoms with Crippen LogP contribution in [-0.2, 0) is 27.9 Å². The van der Waals surface area contributed by atoms with Crippen LogP contribution < -0.4 is 5.32 Å². The van der Waals surface area contributed by atoms with Gasteiger partial charge in [-0.3, -0.25) is 18.6 Å². The molecule has 0 radical (unpaired) electrons. The summed E-state index contributed by atoms with van der Waals surface area (Å²) in [6, 6.07) is -0.857. The van der Waals surface area contributed by atoms with E-state index in [1.54, 1.807) is 0 Å². The van der Waals surface area contributed by atoms with Crippen molar-refractivity contribution in [3.8, 4) is 0 Å². The number of hydrogen-bond acceptors (Lipinski definition) is 6.